The van der Waals surface area contributed by atoms with Crippen LogP contribution in [0.1, 0.15) is 30.3 Å². The normalized spacial score (nSPS) is 17.3. The van der Waals surface area contributed by atoms with Gasteiger partial charge in [0.1, 0.15) is 5.69 Å². The second-order valence-corrected chi connectivity index (χ2v) is 6.79. The fourth-order valence-corrected chi connectivity index (χ4v) is 3.56. The Kier molecular flexibility index (Phi) is 6.30. The summed E-state index contributed by atoms with van der Waals surface area (Å²) in [4.78, 5) is 41.7. The minimum absolute atomic E-state index is 0.135. The number of anilines is 1. The number of amides is 1. The average molecular weight is 387 g/mol. The van der Waals surface area contributed by atoms with Gasteiger partial charge in [0.2, 0.25) is 5.91 Å². The third-order valence-electron chi connectivity index (χ3n) is 4.85. The molecule has 28 heavy (non-hydrogen) atoms. The first-order chi connectivity index (χ1) is 13.5. The van der Waals surface area contributed by atoms with Crippen molar-refractivity contribution in [3.8, 4) is 0 Å². The zero-order valence-electron chi connectivity index (χ0n) is 16.1. The minimum atomic E-state index is -0.549. The number of methoxy groups -OCH3 is 1. The molecule has 1 aromatic carbocycles. The molecule has 1 amide bonds. The van der Waals surface area contributed by atoms with Crippen molar-refractivity contribution < 1.29 is 23.9 Å². The smallest absolute Gasteiger partial charge is 0.356 e. The van der Waals surface area contributed by atoms with E-state index in [-0.39, 0.29) is 30.0 Å². The Morgan fingerprint density at radius 2 is 2.07 bits per heavy atom. The molecule has 1 saturated heterocycles. The number of nitrogens with one attached hydrogen (secondary N) is 2. The molecule has 2 aromatic rings. The molecule has 1 aromatic heterocycles. The fraction of sp³-hybridized carbons (Fsp3) is 0.450. The molecule has 0 spiro atoms. The summed E-state index contributed by atoms with van der Waals surface area (Å²) in [6.07, 6.45) is 1.60. The predicted octanol–water partition coefficient (Wildman–Crippen LogP) is 2.17. The minimum Gasteiger partial charge on any atom is -0.466 e. The number of carbonyl (C=O) groups excluding carboxylic acids is 3. The number of H-pyrrole nitrogens is 1. The van der Waals surface area contributed by atoms with Crippen LogP contribution in [0.5, 0.6) is 0 Å². The van der Waals surface area contributed by atoms with Gasteiger partial charge in [-0.15, -0.1) is 0 Å². The monoisotopic (exact) mass is 387 g/mol. The maximum absolute atomic E-state index is 12.7. The second kappa shape index (κ2) is 8.88. The lowest BCUT2D eigenvalue weighted by Gasteiger charge is -2.30. The molecule has 0 aliphatic carbocycles. The summed E-state index contributed by atoms with van der Waals surface area (Å²) in [6, 6.07) is 7.33. The highest BCUT2D eigenvalue weighted by Gasteiger charge is 2.28. The van der Waals surface area contributed by atoms with E-state index in [0.29, 0.717) is 18.8 Å². The van der Waals surface area contributed by atoms with Crippen LogP contribution in [0.2, 0.25) is 0 Å². The number of hydrogen-bond acceptors (Lipinski definition) is 6. The topological polar surface area (TPSA) is 101 Å². The predicted molar refractivity (Wildman–Crippen MR) is 104 cm³/mol. The molecular formula is C20H25N3O5. The maximum Gasteiger partial charge on any atom is 0.356 e. The number of esters is 2. The Morgan fingerprint density at radius 1 is 1.29 bits per heavy atom. The molecule has 150 valence electrons. The number of nitrogens with zero attached hydrogens (tertiary/aromatic N) is 1. The van der Waals surface area contributed by atoms with Crippen LogP contribution in [0.3, 0.4) is 0 Å². The lowest BCUT2D eigenvalue weighted by atomic mass is 9.98. The van der Waals surface area contributed by atoms with E-state index < -0.39 is 5.97 Å². The van der Waals surface area contributed by atoms with Gasteiger partial charge in [0.05, 0.1) is 31.9 Å². The molecule has 8 heteroatoms. The van der Waals surface area contributed by atoms with Crippen LogP contribution in [-0.2, 0) is 19.1 Å². The quantitative estimate of drug-likeness (QED) is 0.737. The van der Waals surface area contributed by atoms with Crippen molar-refractivity contribution in [3.63, 3.8) is 0 Å². The summed E-state index contributed by atoms with van der Waals surface area (Å²) < 4.78 is 9.92. The Balaban J connectivity index is 1.71. The molecule has 3 rings (SSSR count). The molecule has 1 fully saturated rings. The SMILES string of the molecule is CCOC(=O)[C@@H]1CCCN(CC(=O)Nc2c(C(=O)OC)[nH]c3ccccc23)C1. The van der Waals surface area contributed by atoms with Crippen molar-refractivity contribution in [1.29, 1.82) is 0 Å². The summed E-state index contributed by atoms with van der Waals surface area (Å²) in [7, 11) is 1.29. The summed E-state index contributed by atoms with van der Waals surface area (Å²) in [5, 5.41) is 3.57. The van der Waals surface area contributed by atoms with Gasteiger partial charge in [0, 0.05) is 17.4 Å². The zero-order valence-corrected chi connectivity index (χ0v) is 16.1. The number of fused-ring (bicyclic) bond motifs is 1. The van der Waals surface area contributed by atoms with Crippen LogP contribution in [0.15, 0.2) is 24.3 Å². The molecule has 2 heterocycles. The number of likely N-dealkylation sites (tertiary alicyclic amines) is 1. The van der Waals surface area contributed by atoms with Crippen LogP contribution in [0.25, 0.3) is 10.9 Å². The number of para-hydroxylation sites is 1. The van der Waals surface area contributed by atoms with E-state index >= 15 is 0 Å². The van der Waals surface area contributed by atoms with Crippen molar-refractivity contribution in [3.05, 3.63) is 30.0 Å². The van der Waals surface area contributed by atoms with E-state index in [9.17, 15) is 14.4 Å². The summed E-state index contributed by atoms with van der Waals surface area (Å²) in [5.74, 6) is -1.22. The summed E-state index contributed by atoms with van der Waals surface area (Å²) in [5.41, 5.74) is 1.35. The third kappa shape index (κ3) is 4.33. The molecular weight excluding hydrogens is 362 g/mol. The van der Waals surface area contributed by atoms with Crippen LogP contribution in [-0.4, -0.2) is 61.1 Å². The van der Waals surface area contributed by atoms with E-state index in [1.165, 1.54) is 7.11 Å². The highest BCUT2D eigenvalue weighted by atomic mass is 16.5. The first-order valence-electron chi connectivity index (χ1n) is 9.41. The number of carbonyl (C=O) groups is 3. The Bertz CT molecular complexity index is 876. The summed E-state index contributed by atoms with van der Waals surface area (Å²) >= 11 is 0. The van der Waals surface area contributed by atoms with Crippen LogP contribution in [0.4, 0.5) is 5.69 Å². The van der Waals surface area contributed by atoms with Crippen molar-refractivity contribution in [2.45, 2.75) is 19.8 Å². The average Bonchev–Trinajstić information content (AvgIpc) is 3.06. The number of rotatable bonds is 6. The maximum atomic E-state index is 12.7. The lowest BCUT2D eigenvalue weighted by molar-refractivity contribution is -0.150. The van der Waals surface area contributed by atoms with Gasteiger partial charge in [0.25, 0.3) is 0 Å². The highest BCUT2D eigenvalue weighted by Crippen LogP contribution is 2.28. The highest BCUT2D eigenvalue weighted by molar-refractivity contribution is 6.11. The lowest BCUT2D eigenvalue weighted by Crippen LogP contribution is -2.43. The van der Waals surface area contributed by atoms with Gasteiger partial charge in [-0.25, -0.2) is 4.79 Å². The standard InChI is InChI=1S/C20H25N3O5/c1-3-28-19(25)13-7-6-10-23(11-13)12-16(24)22-17-14-8-4-5-9-15(14)21-18(17)20(26)27-2/h4-5,8-9,13,21H,3,6-7,10-12H2,1-2H3,(H,22,24)/t13-/m1/s1. The van der Waals surface area contributed by atoms with Gasteiger partial charge in [-0.2, -0.15) is 0 Å². The van der Waals surface area contributed by atoms with Crippen LogP contribution < -0.4 is 5.32 Å². The van der Waals surface area contributed by atoms with Gasteiger partial charge in [-0.1, -0.05) is 18.2 Å². The first-order valence-corrected chi connectivity index (χ1v) is 9.41. The Hall–Kier alpha value is -2.87. The Labute approximate surface area is 163 Å². The molecule has 1 aliphatic heterocycles. The number of ether oxygens (including phenoxy) is 2. The van der Waals surface area contributed by atoms with Crippen molar-refractivity contribution in [1.82, 2.24) is 9.88 Å². The number of aromatic nitrogens is 1. The number of aromatic amines is 1. The molecule has 0 unspecified atom stereocenters. The van der Waals surface area contributed by atoms with E-state index in [0.717, 1.165) is 30.3 Å². The van der Waals surface area contributed by atoms with Crippen LogP contribution >= 0.6 is 0 Å². The zero-order chi connectivity index (χ0) is 20.1. The number of hydrogen-bond donors (Lipinski definition) is 2. The molecule has 0 radical (unpaired) electrons. The molecule has 8 nitrogen and oxygen atoms in total. The van der Waals surface area contributed by atoms with E-state index in [2.05, 4.69) is 10.3 Å². The van der Waals surface area contributed by atoms with Gasteiger partial charge >= 0.3 is 11.9 Å². The van der Waals surface area contributed by atoms with E-state index in [1.54, 1.807) is 6.92 Å². The second-order valence-electron chi connectivity index (χ2n) is 6.79. The number of benzene rings is 1. The van der Waals surface area contributed by atoms with Gasteiger partial charge in [-0.05, 0) is 32.4 Å². The molecule has 0 saturated carbocycles. The Morgan fingerprint density at radius 3 is 2.82 bits per heavy atom. The van der Waals surface area contributed by atoms with E-state index in [1.807, 2.05) is 29.2 Å². The summed E-state index contributed by atoms with van der Waals surface area (Å²) in [6.45, 7) is 3.50. The van der Waals surface area contributed by atoms with Crippen molar-refractivity contribution >= 4 is 34.4 Å². The van der Waals surface area contributed by atoms with Gasteiger partial charge in [0.15, 0.2) is 0 Å². The first kappa shape index (κ1) is 19.9. The van der Waals surface area contributed by atoms with Crippen molar-refractivity contribution in [2.24, 2.45) is 5.92 Å². The van der Waals surface area contributed by atoms with E-state index in [4.69, 9.17) is 9.47 Å². The van der Waals surface area contributed by atoms with Gasteiger partial charge < -0.3 is 19.8 Å². The van der Waals surface area contributed by atoms with Crippen molar-refractivity contribution in [2.75, 3.05) is 38.7 Å². The fourth-order valence-electron chi connectivity index (χ4n) is 3.56. The number of piperidine rings is 1. The van der Waals surface area contributed by atoms with Gasteiger partial charge in [-0.3, -0.25) is 14.5 Å². The largest absolute Gasteiger partial charge is 0.466 e. The molecule has 1 atom stereocenters. The molecule has 0 bridgehead atoms. The third-order valence-corrected chi connectivity index (χ3v) is 4.85. The molecule has 1 aliphatic rings. The van der Waals surface area contributed by atoms with Crippen LogP contribution in [0, 0.1) is 5.92 Å². The molecule has 2 N–H and O–H groups in total.